The average Bonchev–Trinajstić information content (AvgIpc) is 2.56. The molecule has 0 aromatic heterocycles. The van der Waals surface area contributed by atoms with Gasteiger partial charge in [-0.05, 0) is 25.1 Å². The number of hydrogen-bond donors (Lipinski definition) is 2. The molecule has 23 heavy (non-hydrogen) atoms. The van der Waals surface area contributed by atoms with Crippen LogP contribution in [0.2, 0.25) is 0 Å². The average molecular weight is 314 g/mol. The molecular weight excluding hydrogens is 291 g/mol. The maximum absolute atomic E-state index is 14.2. The Hall–Kier alpha value is -2.20. The predicted molar refractivity (Wildman–Crippen MR) is 90.5 cm³/mol. The number of carbonyl (C=O) groups excluding carboxylic acids is 1. The van der Waals surface area contributed by atoms with Crippen LogP contribution in [0.5, 0.6) is 0 Å². The van der Waals surface area contributed by atoms with Crippen LogP contribution in [0.3, 0.4) is 0 Å². The first-order valence-corrected chi connectivity index (χ1v) is 7.85. The van der Waals surface area contributed by atoms with Crippen LogP contribution >= 0.6 is 0 Å². The minimum Gasteiger partial charge on any atom is -0.349 e. The maximum atomic E-state index is 14.2. The molecule has 0 saturated carbocycles. The van der Waals surface area contributed by atoms with Gasteiger partial charge in [0.25, 0.3) is 0 Å². The van der Waals surface area contributed by atoms with Crippen LogP contribution in [-0.4, -0.2) is 19.5 Å². The molecule has 0 fully saturated rings. The molecule has 0 aliphatic carbocycles. The third-order valence-corrected chi connectivity index (χ3v) is 3.84. The Bertz CT molecular complexity index is 630. The summed E-state index contributed by atoms with van der Waals surface area (Å²) in [4.78, 5) is 12.3. The maximum Gasteiger partial charge on any atom is 0.224 e. The molecule has 0 heterocycles. The van der Waals surface area contributed by atoms with Gasteiger partial charge < -0.3 is 10.6 Å². The first-order chi connectivity index (χ1) is 11.1. The van der Waals surface area contributed by atoms with Crippen LogP contribution in [-0.2, 0) is 11.2 Å². The Morgan fingerprint density at radius 1 is 1.09 bits per heavy atom. The van der Waals surface area contributed by atoms with E-state index in [2.05, 4.69) is 10.6 Å². The number of nitrogens with one attached hydrogen (secondary N) is 2. The molecule has 3 nitrogen and oxygen atoms in total. The Labute approximate surface area is 136 Å². The van der Waals surface area contributed by atoms with E-state index in [4.69, 9.17) is 0 Å². The van der Waals surface area contributed by atoms with Gasteiger partial charge in [-0.15, -0.1) is 0 Å². The lowest BCUT2D eigenvalue weighted by Crippen LogP contribution is -2.37. The molecule has 2 N–H and O–H groups in total. The highest BCUT2D eigenvalue weighted by molar-refractivity contribution is 5.79. The first-order valence-electron chi connectivity index (χ1n) is 7.85. The summed E-state index contributed by atoms with van der Waals surface area (Å²) in [5.41, 5.74) is 1.57. The highest BCUT2D eigenvalue weighted by Gasteiger charge is 2.21. The van der Waals surface area contributed by atoms with Crippen LogP contribution in [0.25, 0.3) is 0 Å². The Balaban J connectivity index is 2.21. The van der Waals surface area contributed by atoms with E-state index in [1.807, 2.05) is 44.3 Å². The van der Waals surface area contributed by atoms with Gasteiger partial charge in [-0.3, -0.25) is 4.79 Å². The molecule has 0 radical (unpaired) electrons. The summed E-state index contributed by atoms with van der Waals surface area (Å²) >= 11 is 0. The second-order valence-electron chi connectivity index (χ2n) is 5.73. The lowest BCUT2D eigenvalue weighted by molar-refractivity contribution is -0.125. The molecule has 0 spiro atoms. The van der Waals surface area contributed by atoms with Gasteiger partial charge in [0, 0.05) is 18.0 Å². The van der Waals surface area contributed by atoms with E-state index < -0.39 is 0 Å². The van der Waals surface area contributed by atoms with Gasteiger partial charge in [0.15, 0.2) is 0 Å². The van der Waals surface area contributed by atoms with Crippen molar-refractivity contribution in [2.75, 3.05) is 13.6 Å². The Kier molecular flexibility index (Phi) is 6.29. The first kappa shape index (κ1) is 17.2. The van der Waals surface area contributed by atoms with E-state index >= 15 is 0 Å². The molecule has 0 bridgehead atoms. The van der Waals surface area contributed by atoms with Gasteiger partial charge in [-0.1, -0.05) is 55.5 Å². The summed E-state index contributed by atoms with van der Waals surface area (Å²) < 4.78 is 14.2. The number of amides is 1. The van der Waals surface area contributed by atoms with Crippen LogP contribution in [0.4, 0.5) is 4.39 Å². The number of halogens is 1. The normalized spacial score (nSPS) is 13.3. The molecule has 4 heteroatoms. The fourth-order valence-corrected chi connectivity index (χ4v) is 2.56. The fourth-order valence-electron chi connectivity index (χ4n) is 2.56. The SMILES string of the molecule is CNCC(C)C(=O)NC(Cc1ccccc1)c1ccccc1F. The van der Waals surface area contributed by atoms with Crippen LogP contribution < -0.4 is 10.6 Å². The molecule has 0 aliphatic rings. The summed E-state index contributed by atoms with van der Waals surface area (Å²) in [6.07, 6.45) is 0.555. The van der Waals surface area contributed by atoms with Crippen LogP contribution in [0, 0.1) is 11.7 Å². The van der Waals surface area contributed by atoms with Gasteiger partial charge >= 0.3 is 0 Å². The zero-order chi connectivity index (χ0) is 16.7. The summed E-state index contributed by atoms with van der Waals surface area (Å²) in [6, 6.07) is 16.0. The van der Waals surface area contributed by atoms with E-state index in [-0.39, 0.29) is 23.7 Å². The zero-order valence-electron chi connectivity index (χ0n) is 13.6. The molecule has 2 atom stereocenters. The fraction of sp³-hybridized carbons (Fsp3) is 0.316. The van der Waals surface area contributed by atoms with Crippen molar-refractivity contribution in [2.45, 2.75) is 19.4 Å². The number of hydrogen-bond acceptors (Lipinski definition) is 2. The molecule has 2 aromatic rings. The van der Waals surface area contributed by atoms with Crippen molar-refractivity contribution in [1.29, 1.82) is 0 Å². The number of benzene rings is 2. The van der Waals surface area contributed by atoms with Gasteiger partial charge in [-0.2, -0.15) is 0 Å². The smallest absolute Gasteiger partial charge is 0.224 e. The summed E-state index contributed by atoms with van der Waals surface area (Å²) in [5.74, 6) is -0.552. The van der Waals surface area contributed by atoms with Crippen molar-refractivity contribution in [2.24, 2.45) is 5.92 Å². The largest absolute Gasteiger partial charge is 0.349 e. The summed E-state index contributed by atoms with van der Waals surface area (Å²) in [7, 11) is 1.81. The molecule has 0 saturated heterocycles. The van der Waals surface area contributed by atoms with Gasteiger partial charge in [0.1, 0.15) is 5.82 Å². The van der Waals surface area contributed by atoms with Crippen molar-refractivity contribution in [3.8, 4) is 0 Å². The lowest BCUT2D eigenvalue weighted by Gasteiger charge is -2.22. The molecular formula is C19H23FN2O. The van der Waals surface area contributed by atoms with Crippen molar-refractivity contribution >= 4 is 5.91 Å². The standard InChI is InChI=1S/C19H23FN2O/c1-14(13-21-2)19(23)22-18(12-15-8-4-3-5-9-15)16-10-6-7-11-17(16)20/h3-11,14,18,21H,12-13H2,1-2H3,(H,22,23). The van der Waals surface area contributed by atoms with E-state index in [0.717, 1.165) is 5.56 Å². The van der Waals surface area contributed by atoms with Crippen molar-refractivity contribution < 1.29 is 9.18 Å². The zero-order valence-corrected chi connectivity index (χ0v) is 13.6. The molecule has 1 amide bonds. The van der Waals surface area contributed by atoms with Crippen molar-refractivity contribution in [3.63, 3.8) is 0 Å². The quantitative estimate of drug-likeness (QED) is 0.824. The molecule has 2 rings (SSSR count). The van der Waals surface area contributed by atoms with Crippen molar-refractivity contribution in [1.82, 2.24) is 10.6 Å². The third-order valence-electron chi connectivity index (χ3n) is 3.84. The summed E-state index contributed by atoms with van der Waals surface area (Å²) in [5, 5.41) is 5.98. The minimum absolute atomic E-state index is 0.0801. The van der Waals surface area contributed by atoms with E-state index in [0.29, 0.717) is 18.5 Å². The third kappa shape index (κ3) is 4.89. The predicted octanol–water partition coefficient (Wildman–Crippen LogP) is 3.08. The molecule has 2 aromatic carbocycles. The van der Waals surface area contributed by atoms with Crippen LogP contribution in [0.15, 0.2) is 54.6 Å². The highest BCUT2D eigenvalue weighted by Crippen LogP contribution is 2.21. The van der Waals surface area contributed by atoms with Gasteiger partial charge in [0.05, 0.1) is 6.04 Å². The van der Waals surface area contributed by atoms with Crippen LogP contribution in [0.1, 0.15) is 24.1 Å². The van der Waals surface area contributed by atoms with Gasteiger partial charge in [-0.25, -0.2) is 4.39 Å². The van der Waals surface area contributed by atoms with E-state index in [1.165, 1.54) is 6.07 Å². The second kappa shape index (κ2) is 8.44. The minimum atomic E-state index is -0.384. The highest BCUT2D eigenvalue weighted by atomic mass is 19.1. The van der Waals surface area contributed by atoms with Crippen molar-refractivity contribution in [3.05, 3.63) is 71.5 Å². The van der Waals surface area contributed by atoms with E-state index in [1.54, 1.807) is 18.2 Å². The monoisotopic (exact) mass is 314 g/mol. The molecule has 122 valence electrons. The number of rotatable bonds is 7. The Morgan fingerprint density at radius 2 is 1.74 bits per heavy atom. The topological polar surface area (TPSA) is 41.1 Å². The number of carbonyl (C=O) groups is 1. The van der Waals surface area contributed by atoms with E-state index in [9.17, 15) is 9.18 Å². The summed E-state index contributed by atoms with van der Waals surface area (Å²) in [6.45, 7) is 2.44. The second-order valence-corrected chi connectivity index (χ2v) is 5.73. The molecule has 2 unspecified atom stereocenters. The van der Waals surface area contributed by atoms with Gasteiger partial charge in [0.2, 0.25) is 5.91 Å². The molecule has 0 aliphatic heterocycles. The lowest BCUT2D eigenvalue weighted by atomic mass is 9.97. The Morgan fingerprint density at radius 3 is 2.39 bits per heavy atom.